The minimum Gasteiger partial charge on any atom is -0.436 e. The lowest BCUT2D eigenvalue weighted by Gasteiger charge is -2.31. The molecule has 1 fully saturated rings. The highest BCUT2D eigenvalue weighted by Gasteiger charge is 2.29. The van der Waals surface area contributed by atoms with Crippen LogP contribution in [-0.4, -0.2) is 34.8 Å². The molecule has 1 aromatic heterocycles. The Bertz CT molecular complexity index is 997. The summed E-state index contributed by atoms with van der Waals surface area (Å²) in [4.78, 5) is 30.8. The number of amides is 2. The molecule has 0 unspecified atom stereocenters. The molecule has 142 valence electrons. The number of nitrogens with two attached hydrogens (primary N) is 1. The first-order valence-electron chi connectivity index (χ1n) is 9.32. The van der Waals surface area contributed by atoms with Crippen LogP contribution in [0, 0.1) is 5.92 Å². The van der Waals surface area contributed by atoms with E-state index in [0.29, 0.717) is 35.9 Å². The Labute approximate surface area is 163 Å². The lowest BCUT2D eigenvalue weighted by molar-refractivity contribution is -0.123. The van der Waals surface area contributed by atoms with Crippen molar-refractivity contribution in [1.82, 2.24) is 9.88 Å². The van der Waals surface area contributed by atoms with E-state index in [-0.39, 0.29) is 17.7 Å². The van der Waals surface area contributed by atoms with Crippen LogP contribution in [0.1, 0.15) is 23.2 Å². The molecule has 0 radical (unpaired) electrons. The summed E-state index contributed by atoms with van der Waals surface area (Å²) in [5, 5.41) is 0. The molecule has 0 aliphatic carbocycles. The van der Waals surface area contributed by atoms with Gasteiger partial charge in [-0.05, 0) is 25.0 Å². The maximum Gasteiger partial charge on any atom is 0.254 e. The molecule has 1 saturated heterocycles. The number of nitrogens with zero attached hydrogens (tertiary/aromatic N) is 2. The van der Waals surface area contributed by atoms with Crippen molar-refractivity contribution in [3.63, 3.8) is 0 Å². The fourth-order valence-corrected chi connectivity index (χ4v) is 3.55. The average Bonchev–Trinajstić information content (AvgIpc) is 3.24. The summed E-state index contributed by atoms with van der Waals surface area (Å²) in [5.41, 5.74) is 7.51. The van der Waals surface area contributed by atoms with Gasteiger partial charge in [0.05, 0.1) is 17.7 Å². The molecule has 1 aliphatic rings. The van der Waals surface area contributed by atoms with Gasteiger partial charge >= 0.3 is 0 Å². The quantitative estimate of drug-likeness (QED) is 0.757. The van der Waals surface area contributed by atoms with Crippen LogP contribution < -0.4 is 5.73 Å². The number of piperidine rings is 1. The summed E-state index contributed by atoms with van der Waals surface area (Å²) in [7, 11) is 0. The van der Waals surface area contributed by atoms with Gasteiger partial charge in [0.15, 0.2) is 5.76 Å². The van der Waals surface area contributed by atoms with Crippen LogP contribution in [0.2, 0.25) is 0 Å². The lowest BCUT2D eigenvalue weighted by Crippen LogP contribution is -2.44. The van der Waals surface area contributed by atoms with Gasteiger partial charge in [0.2, 0.25) is 11.8 Å². The number of likely N-dealkylation sites (tertiary alicyclic amines) is 1. The van der Waals surface area contributed by atoms with E-state index in [0.717, 1.165) is 18.4 Å². The molecule has 6 nitrogen and oxygen atoms in total. The number of hydrogen-bond acceptors (Lipinski definition) is 4. The van der Waals surface area contributed by atoms with Crippen molar-refractivity contribution in [2.75, 3.05) is 13.1 Å². The molecule has 2 heterocycles. The minimum atomic E-state index is -0.356. The first-order chi connectivity index (χ1) is 13.6. The van der Waals surface area contributed by atoms with Crippen LogP contribution in [0.5, 0.6) is 0 Å². The Hall–Kier alpha value is -3.41. The highest BCUT2D eigenvalue weighted by molar-refractivity contribution is 6.00. The van der Waals surface area contributed by atoms with E-state index in [2.05, 4.69) is 4.98 Å². The maximum atomic E-state index is 13.1. The van der Waals surface area contributed by atoms with Crippen LogP contribution in [0.3, 0.4) is 0 Å². The van der Waals surface area contributed by atoms with E-state index in [4.69, 9.17) is 10.2 Å². The van der Waals surface area contributed by atoms with Gasteiger partial charge < -0.3 is 15.1 Å². The Morgan fingerprint density at radius 1 is 1.07 bits per heavy atom. The molecule has 0 spiro atoms. The SMILES string of the molecule is NC(=O)[C@@H]1CCCN(C(=O)c2ccccc2-c2ncc(-c3ccccc3)o2)C1. The fraction of sp³-hybridized carbons (Fsp3) is 0.227. The summed E-state index contributed by atoms with van der Waals surface area (Å²) < 4.78 is 5.94. The average molecular weight is 375 g/mol. The summed E-state index contributed by atoms with van der Waals surface area (Å²) in [6.07, 6.45) is 3.15. The standard InChI is InChI=1S/C22H21N3O3/c23-20(26)16-9-6-12-25(14-16)22(27)18-11-5-4-10-17(18)21-24-13-19(28-21)15-7-2-1-3-8-15/h1-5,7-8,10-11,13,16H,6,9,12,14H2,(H2,23,26)/t16-/m1/s1. The molecule has 1 aliphatic heterocycles. The van der Waals surface area contributed by atoms with E-state index >= 15 is 0 Å². The number of carbonyl (C=O) groups excluding carboxylic acids is 2. The molecule has 2 N–H and O–H groups in total. The van der Waals surface area contributed by atoms with Gasteiger partial charge in [-0.25, -0.2) is 4.98 Å². The molecule has 2 amide bonds. The molecule has 4 rings (SSSR count). The Kier molecular flexibility index (Phi) is 4.93. The van der Waals surface area contributed by atoms with Crippen molar-refractivity contribution in [3.05, 3.63) is 66.4 Å². The number of rotatable bonds is 4. The number of hydrogen-bond donors (Lipinski definition) is 1. The van der Waals surface area contributed by atoms with Crippen LogP contribution in [-0.2, 0) is 4.79 Å². The van der Waals surface area contributed by atoms with E-state index in [9.17, 15) is 9.59 Å². The van der Waals surface area contributed by atoms with Gasteiger partial charge in [0, 0.05) is 24.2 Å². The lowest BCUT2D eigenvalue weighted by atomic mass is 9.96. The third-order valence-electron chi connectivity index (χ3n) is 5.06. The van der Waals surface area contributed by atoms with Crippen molar-refractivity contribution in [2.45, 2.75) is 12.8 Å². The monoisotopic (exact) mass is 375 g/mol. The molecular formula is C22H21N3O3. The van der Waals surface area contributed by atoms with Gasteiger partial charge in [-0.1, -0.05) is 42.5 Å². The molecule has 28 heavy (non-hydrogen) atoms. The summed E-state index contributed by atoms with van der Waals surface area (Å²) in [5.74, 6) is 0.249. The van der Waals surface area contributed by atoms with E-state index in [1.54, 1.807) is 17.2 Å². The Balaban J connectivity index is 1.63. The second-order valence-electron chi connectivity index (χ2n) is 6.93. The van der Waals surface area contributed by atoms with Crippen molar-refractivity contribution in [1.29, 1.82) is 0 Å². The van der Waals surface area contributed by atoms with Crippen LogP contribution >= 0.6 is 0 Å². The highest BCUT2D eigenvalue weighted by Crippen LogP contribution is 2.29. The number of benzene rings is 2. The fourth-order valence-electron chi connectivity index (χ4n) is 3.55. The summed E-state index contributed by atoms with van der Waals surface area (Å²) >= 11 is 0. The zero-order chi connectivity index (χ0) is 19.5. The number of oxazole rings is 1. The highest BCUT2D eigenvalue weighted by atomic mass is 16.4. The third kappa shape index (κ3) is 3.53. The predicted octanol–water partition coefficient (Wildman–Crippen LogP) is 3.35. The molecule has 0 bridgehead atoms. The maximum absolute atomic E-state index is 13.1. The first kappa shape index (κ1) is 18.0. The second-order valence-corrected chi connectivity index (χ2v) is 6.93. The first-order valence-corrected chi connectivity index (χ1v) is 9.32. The molecule has 1 atom stereocenters. The van der Waals surface area contributed by atoms with E-state index < -0.39 is 0 Å². The number of primary amides is 1. The third-order valence-corrected chi connectivity index (χ3v) is 5.06. The zero-order valence-corrected chi connectivity index (χ0v) is 15.4. The minimum absolute atomic E-state index is 0.138. The second kappa shape index (κ2) is 7.68. The van der Waals surface area contributed by atoms with Crippen molar-refractivity contribution in [2.24, 2.45) is 11.7 Å². The van der Waals surface area contributed by atoms with Crippen molar-refractivity contribution in [3.8, 4) is 22.8 Å². The molecule has 3 aromatic rings. The zero-order valence-electron chi connectivity index (χ0n) is 15.4. The van der Waals surface area contributed by atoms with E-state index in [1.807, 2.05) is 48.5 Å². The summed E-state index contributed by atoms with van der Waals surface area (Å²) in [6, 6.07) is 16.9. The van der Waals surface area contributed by atoms with Gasteiger partial charge in [0.25, 0.3) is 5.91 Å². The van der Waals surface area contributed by atoms with Crippen LogP contribution in [0.4, 0.5) is 0 Å². The van der Waals surface area contributed by atoms with E-state index in [1.165, 1.54) is 0 Å². The molecular weight excluding hydrogens is 354 g/mol. The van der Waals surface area contributed by atoms with Gasteiger partial charge in [-0.2, -0.15) is 0 Å². The van der Waals surface area contributed by atoms with Crippen molar-refractivity contribution >= 4 is 11.8 Å². The van der Waals surface area contributed by atoms with Crippen LogP contribution in [0.25, 0.3) is 22.8 Å². The Morgan fingerprint density at radius 2 is 1.82 bits per heavy atom. The van der Waals surface area contributed by atoms with Gasteiger partial charge in [0.1, 0.15) is 0 Å². The smallest absolute Gasteiger partial charge is 0.254 e. The van der Waals surface area contributed by atoms with Gasteiger partial charge in [-0.15, -0.1) is 0 Å². The van der Waals surface area contributed by atoms with Gasteiger partial charge in [-0.3, -0.25) is 9.59 Å². The summed E-state index contributed by atoms with van der Waals surface area (Å²) in [6.45, 7) is 0.959. The Morgan fingerprint density at radius 3 is 2.61 bits per heavy atom. The van der Waals surface area contributed by atoms with Crippen molar-refractivity contribution < 1.29 is 14.0 Å². The number of carbonyl (C=O) groups is 2. The largest absolute Gasteiger partial charge is 0.436 e. The number of aromatic nitrogens is 1. The molecule has 2 aromatic carbocycles. The normalized spacial score (nSPS) is 16.7. The topological polar surface area (TPSA) is 89.4 Å². The molecule has 6 heteroatoms. The molecule has 0 saturated carbocycles. The predicted molar refractivity (Wildman–Crippen MR) is 105 cm³/mol. The van der Waals surface area contributed by atoms with Crippen LogP contribution in [0.15, 0.2) is 65.2 Å².